The fourth-order valence-corrected chi connectivity index (χ4v) is 4.94. The number of rotatable bonds is 5. The van der Waals surface area contributed by atoms with Gasteiger partial charge in [-0.15, -0.1) is 0 Å². The van der Waals surface area contributed by atoms with E-state index in [4.69, 9.17) is 21.4 Å². The number of para-hydroxylation sites is 1. The maximum Gasteiger partial charge on any atom is 0.199 e. The van der Waals surface area contributed by atoms with E-state index in [0.29, 0.717) is 34.0 Å². The molecule has 31 heavy (non-hydrogen) atoms. The molecule has 1 spiro atoms. The summed E-state index contributed by atoms with van der Waals surface area (Å²) >= 11 is 6.22. The number of fused-ring (bicyclic) bond motifs is 2. The smallest absolute Gasteiger partial charge is 0.199 e. The summed E-state index contributed by atoms with van der Waals surface area (Å²) < 4.78 is 0. The lowest BCUT2D eigenvalue weighted by molar-refractivity contribution is -0.0512. The molecule has 0 radical (unpaired) electrons. The largest absolute Gasteiger partial charge is 0.494 e. The van der Waals surface area contributed by atoms with Gasteiger partial charge < -0.3 is 20.2 Å². The van der Waals surface area contributed by atoms with Crippen LogP contribution in [0.25, 0.3) is 10.9 Å². The Morgan fingerprint density at radius 3 is 2.84 bits per heavy atom. The number of benzene rings is 2. The molecule has 2 fully saturated rings. The van der Waals surface area contributed by atoms with Crippen LogP contribution in [0.15, 0.2) is 52.6 Å². The van der Waals surface area contributed by atoms with Gasteiger partial charge in [-0.25, -0.2) is 4.99 Å². The Bertz CT molecular complexity index is 1240. The molecule has 4 heterocycles. The van der Waals surface area contributed by atoms with Crippen molar-refractivity contribution in [3.8, 4) is 5.88 Å². The number of nitrogens with one attached hydrogen (secondary N) is 2. The third-order valence-electron chi connectivity index (χ3n) is 6.37. The SMILES string of the molecule is Oc1[nH]c2ccc(Cl)cc2c1C1=Nc2ccccc2/C1=N\OCCN1CC2(CNC2)C1. The van der Waals surface area contributed by atoms with E-state index in [-0.39, 0.29) is 5.88 Å². The first-order valence-corrected chi connectivity index (χ1v) is 10.8. The van der Waals surface area contributed by atoms with E-state index in [2.05, 4.69) is 20.4 Å². The average Bonchev–Trinajstić information content (AvgIpc) is 3.21. The van der Waals surface area contributed by atoms with E-state index >= 15 is 0 Å². The molecule has 0 saturated carbocycles. The van der Waals surface area contributed by atoms with E-state index in [1.54, 1.807) is 6.07 Å². The number of aromatic hydroxyl groups is 1. The molecule has 3 N–H and O–H groups in total. The number of H-pyrrole nitrogens is 1. The fraction of sp³-hybridized carbons (Fsp3) is 0.304. The highest BCUT2D eigenvalue weighted by Gasteiger charge is 2.47. The van der Waals surface area contributed by atoms with Crippen molar-refractivity contribution in [2.24, 2.45) is 15.6 Å². The lowest BCUT2D eigenvalue weighted by Gasteiger charge is -2.56. The van der Waals surface area contributed by atoms with Crippen LogP contribution in [-0.4, -0.2) is 65.7 Å². The molecule has 6 rings (SSSR count). The van der Waals surface area contributed by atoms with Gasteiger partial charge in [-0.05, 0) is 24.3 Å². The van der Waals surface area contributed by atoms with Crippen LogP contribution in [-0.2, 0) is 4.84 Å². The molecule has 0 amide bonds. The molecule has 1 aromatic heterocycles. The lowest BCUT2D eigenvalue weighted by Crippen LogP contribution is -2.71. The minimum atomic E-state index is 0.0384. The molecule has 8 heteroatoms. The molecule has 0 atom stereocenters. The summed E-state index contributed by atoms with van der Waals surface area (Å²) in [5.41, 5.74) is 4.76. The zero-order valence-electron chi connectivity index (χ0n) is 16.9. The summed E-state index contributed by atoms with van der Waals surface area (Å²) in [6, 6.07) is 13.2. The Morgan fingerprint density at radius 1 is 1.19 bits per heavy atom. The molecule has 0 unspecified atom stereocenters. The van der Waals surface area contributed by atoms with Crippen LogP contribution in [0.3, 0.4) is 0 Å². The summed E-state index contributed by atoms with van der Waals surface area (Å²) in [5.74, 6) is 0.0384. The van der Waals surface area contributed by atoms with Gasteiger partial charge in [-0.3, -0.25) is 4.90 Å². The molecule has 2 saturated heterocycles. The fourth-order valence-electron chi connectivity index (χ4n) is 4.77. The summed E-state index contributed by atoms with van der Waals surface area (Å²) in [4.78, 5) is 15.9. The first kappa shape index (κ1) is 18.9. The quantitative estimate of drug-likeness (QED) is 0.424. The predicted octanol–water partition coefficient (Wildman–Crippen LogP) is 3.29. The molecular formula is C23H22ClN5O2. The van der Waals surface area contributed by atoms with Crippen molar-refractivity contribution in [2.75, 3.05) is 39.3 Å². The number of hydrogen-bond donors (Lipinski definition) is 3. The monoisotopic (exact) mass is 435 g/mol. The molecule has 3 aliphatic heterocycles. The van der Waals surface area contributed by atoms with Gasteiger partial charge >= 0.3 is 0 Å². The minimum absolute atomic E-state index is 0.0384. The second-order valence-corrected chi connectivity index (χ2v) is 9.04. The normalized spacial score (nSPS) is 20.5. The van der Waals surface area contributed by atoms with Gasteiger partial charge in [0, 0.05) is 59.6 Å². The Hall–Kier alpha value is -2.87. The van der Waals surface area contributed by atoms with Crippen molar-refractivity contribution in [3.63, 3.8) is 0 Å². The van der Waals surface area contributed by atoms with Gasteiger partial charge in [-0.2, -0.15) is 0 Å². The topological polar surface area (TPSA) is 85.2 Å². The van der Waals surface area contributed by atoms with Crippen LogP contribution >= 0.6 is 11.6 Å². The van der Waals surface area contributed by atoms with Gasteiger partial charge in [0.2, 0.25) is 0 Å². The number of nitrogens with zero attached hydrogens (tertiary/aromatic N) is 3. The number of oxime groups is 1. The van der Waals surface area contributed by atoms with Crippen LogP contribution in [0.5, 0.6) is 5.88 Å². The number of aliphatic imine (C=N–C) groups is 1. The highest BCUT2D eigenvalue weighted by atomic mass is 35.5. The van der Waals surface area contributed by atoms with Gasteiger partial charge in [0.1, 0.15) is 18.0 Å². The molecule has 3 aliphatic rings. The number of likely N-dealkylation sites (tertiary alicyclic amines) is 1. The van der Waals surface area contributed by atoms with Gasteiger partial charge in [0.05, 0.1) is 11.3 Å². The summed E-state index contributed by atoms with van der Waals surface area (Å²) in [6.07, 6.45) is 0. The van der Waals surface area contributed by atoms with Crippen LogP contribution in [0.4, 0.5) is 5.69 Å². The van der Waals surface area contributed by atoms with Gasteiger partial charge in [0.15, 0.2) is 5.88 Å². The number of aromatic nitrogens is 1. The number of hydrogen-bond acceptors (Lipinski definition) is 6. The van der Waals surface area contributed by atoms with E-state index in [1.165, 1.54) is 0 Å². The maximum absolute atomic E-state index is 10.7. The van der Waals surface area contributed by atoms with Crippen molar-refractivity contribution in [1.29, 1.82) is 0 Å². The highest BCUT2D eigenvalue weighted by Crippen LogP contribution is 2.37. The molecule has 158 valence electrons. The third-order valence-corrected chi connectivity index (χ3v) is 6.60. The molecule has 0 aliphatic carbocycles. The van der Waals surface area contributed by atoms with Gasteiger partial charge in [-0.1, -0.05) is 35.0 Å². The van der Waals surface area contributed by atoms with Crippen molar-refractivity contribution in [2.45, 2.75) is 0 Å². The standard InChI is InChI=1S/C23H22ClN5O2/c24-14-5-6-18-16(9-14)19(22(30)27-18)21-20(15-3-1-2-4-17(15)26-21)28-31-8-7-29-12-23(13-29)10-25-11-23/h1-6,9,25,27,30H,7-8,10-13H2/b28-20+. The summed E-state index contributed by atoms with van der Waals surface area (Å²) in [7, 11) is 0. The van der Waals surface area contributed by atoms with E-state index in [1.807, 2.05) is 36.4 Å². The Morgan fingerprint density at radius 2 is 2.03 bits per heavy atom. The van der Waals surface area contributed by atoms with E-state index < -0.39 is 0 Å². The van der Waals surface area contributed by atoms with Crippen LogP contribution in [0.2, 0.25) is 5.02 Å². The zero-order chi connectivity index (χ0) is 21.0. The van der Waals surface area contributed by atoms with Crippen molar-refractivity contribution >= 4 is 39.6 Å². The zero-order valence-corrected chi connectivity index (χ0v) is 17.6. The van der Waals surface area contributed by atoms with Crippen molar-refractivity contribution in [3.05, 3.63) is 58.6 Å². The Labute approximate surface area is 184 Å². The van der Waals surface area contributed by atoms with Gasteiger partial charge in [0.25, 0.3) is 0 Å². The Kier molecular flexibility index (Phi) is 4.31. The van der Waals surface area contributed by atoms with Crippen LogP contribution in [0, 0.1) is 5.41 Å². The van der Waals surface area contributed by atoms with E-state index in [0.717, 1.165) is 54.9 Å². The number of aromatic amines is 1. The van der Waals surface area contributed by atoms with Crippen molar-refractivity contribution < 1.29 is 9.94 Å². The number of halogens is 1. The second kappa shape index (κ2) is 7.09. The third kappa shape index (κ3) is 3.12. The molecule has 7 nitrogen and oxygen atoms in total. The molecular weight excluding hydrogens is 414 g/mol. The maximum atomic E-state index is 10.7. The molecule has 2 aromatic carbocycles. The van der Waals surface area contributed by atoms with Crippen LogP contribution in [0.1, 0.15) is 11.1 Å². The molecule has 3 aromatic rings. The van der Waals surface area contributed by atoms with E-state index in [9.17, 15) is 5.11 Å². The Balaban J connectivity index is 1.27. The highest BCUT2D eigenvalue weighted by molar-refractivity contribution is 6.58. The summed E-state index contributed by atoms with van der Waals surface area (Å²) in [5, 5.41) is 19.9. The molecule has 0 bridgehead atoms. The van der Waals surface area contributed by atoms with Crippen molar-refractivity contribution in [1.82, 2.24) is 15.2 Å². The second-order valence-electron chi connectivity index (χ2n) is 8.60. The first-order chi connectivity index (χ1) is 15.1. The lowest BCUT2D eigenvalue weighted by atomic mass is 9.74. The average molecular weight is 436 g/mol. The summed E-state index contributed by atoms with van der Waals surface area (Å²) in [6.45, 7) is 5.86. The first-order valence-electron chi connectivity index (χ1n) is 10.4. The van der Waals surface area contributed by atoms with Crippen LogP contribution < -0.4 is 5.32 Å². The minimum Gasteiger partial charge on any atom is -0.494 e. The predicted molar refractivity (Wildman–Crippen MR) is 122 cm³/mol.